The van der Waals surface area contributed by atoms with E-state index in [2.05, 4.69) is 84.8 Å². The van der Waals surface area contributed by atoms with E-state index < -0.39 is 0 Å². The quantitative estimate of drug-likeness (QED) is 0.206. The topological polar surface area (TPSA) is 36.8 Å². The molecule has 0 fully saturated rings. The number of rotatable bonds is 9. The van der Waals surface area contributed by atoms with Crippen molar-refractivity contribution >= 4 is 33.5 Å². The van der Waals surface area contributed by atoms with E-state index in [9.17, 15) is 0 Å². The van der Waals surface area contributed by atoms with Gasteiger partial charge in [0.1, 0.15) is 0 Å². The summed E-state index contributed by atoms with van der Waals surface area (Å²) in [7, 11) is 0. The summed E-state index contributed by atoms with van der Waals surface area (Å²) >= 11 is 0. The van der Waals surface area contributed by atoms with Crippen LogP contribution in [0.2, 0.25) is 0 Å². The van der Waals surface area contributed by atoms with Gasteiger partial charge in [0.15, 0.2) is 0 Å². The van der Waals surface area contributed by atoms with Crippen LogP contribution in [0, 0.1) is 0 Å². The molecule has 0 heterocycles. The van der Waals surface area contributed by atoms with Gasteiger partial charge in [-0.15, -0.1) is 5.11 Å². The fourth-order valence-electron chi connectivity index (χ4n) is 4.21. The molecule has 0 unspecified atom stereocenters. The van der Waals surface area contributed by atoms with Crippen LogP contribution in [0.15, 0.2) is 101 Å². The monoisotopic (exact) mass is 435 g/mol. The Bertz CT molecular complexity index is 1210. The van der Waals surface area contributed by atoms with Gasteiger partial charge in [-0.1, -0.05) is 94.6 Å². The number of azo groups is 1. The van der Waals surface area contributed by atoms with Crippen molar-refractivity contribution < 1.29 is 0 Å². The first kappa shape index (κ1) is 22.7. The fourth-order valence-corrected chi connectivity index (χ4v) is 4.21. The van der Waals surface area contributed by atoms with Crippen LogP contribution < -0.4 is 5.32 Å². The Morgan fingerprint density at radius 1 is 0.697 bits per heavy atom. The number of fused-ring (bicyclic) bond motifs is 1. The Morgan fingerprint density at radius 3 is 2.12 bits per heavy atom. The van der Waals surface area contributed by atoms with E-state index in [1.54, 1.807) is 0 Å². The molecule has 33 heavy (non-hydrogen) atoms. The summed E-state index contributed by atoms with van der Waals surface area (Å²) in [6, 6.07) is 31.2. The lowest BCUT2D eigenvalue weighted by molar-refractivity contribution is 0.450. The summed E-state index contributed by atoms with van der Waals surface area (Å²) in [5.41, 5.74) is 5.47. The molecular formula is C30H33N3. The third kappa shape index (κ3) is 5.67. The van der Waals surface area contributed by atoms with Crippen molar-refractivity contribution in [3.8, 4) is 0 Å². The van der Waals surface area contributed by atoms with Gasteiger partial charge in [0.25, 0.3) is 0 Å². The molecule has 168 valence electrons. The normalized spacial score (nSPS) is 11.8. The van der Waals surface area contributed by atoms with Gasteiger partial charge in [0.05, 0.1) is 11.4 Å². The molecule has 4 rings (SSSR count). The SMILES string of the molecule is CCCCCC(C)(C)c1ccc(Nc2ccc(N=Nc3ccccc3)c3ccccc23)cc1. The average molecular weight is 436 g/mol. The fraction of sp³-hybridized carbons (Fsp3) is 0.267. The van der Waals surface area contributed by atoms with E-state index in [4.69, 9.17) is 0 Å². The molecule has 0 amide bonds. The minimum Gasteiger partial charge on any atom is -0.355 e. The van der Waals surface area contributed by atoms with Crippen LogP contribution in [0.4, 0.5) is 22.7 Å². The van der Waals surface area contributed by atoms with E-state index in [1.165, 1.54) is 31.2 Å². The standard InChI is InChI=1S/C30H33N3/c1-4-5-11-22-30(2,3)23-16-18-24(19-17-23)31-28-20-21-29(27-15-10-9-14-26(27)28)33-32-25-12-7-6-8-13-25/h6-10,12-21,31H,4-5,11,22H2,1-3H3. The summed E-state index contributed by atoms with van der Waals surface area (Å²) in [6.45, 7) is 6.96. The zero-order valence-electron chi connectivity index (χ0n) is 19.9. The van der Waals surface area contributed by atoms with Gasteiger partial charge in [0.2, 0.25) is 0 Å². The maximum absolute atomic E-state index is 4.52. The summed E-state index contributed by atoms with van der Waals surface area (Å²) in [5.74, 6) is 0. The number of unbranched alkanes of at least 4 members (excludes halogenated alkanes) is 2. The largest absolute Gasteiger partial charge is 0.355 e. The number of anilines is 2. The molecule has 1 N–H and O–H groups in total. The van der Waals surface area contributed by atoms with Gasteiger partial charge in [-0.25, -0.2) is 0 Å². The zero-order valence-corrected chi connectivity index (χ0v) is 19.9. The first-order chi connectivity index (χ1) is 16.1. The van der Waals surface area contributed by atoms with Crippen molar-refractivity contribution in [1.82, 2.24) is 0 Å². The molecule has 0 radical (unpaired) electrons. The van der Waals surface area contributed by atoms with Crippen molar-refractivity contribution in [1.29, 1.82) is 0 Å². The lowest BCUT2D eigenvalue weighted by atomic mass is 9.80. The molecule has 3 nitrogen and oxygen atoms in total. The summed E-state index contributed by atoms with van der Waals surface area (Å²) < 4.78 is 0. The minimum absolute atomic E-state index is 0.200. The molecule has 0 saturated carbocycles. The van der Waals surface area contributed by atoms with E-state index in [0.717, 1.165) is 33.5 Å². The lowest BCUT2D eigenvalue weighted by Crippen LogP contribution is -2.16. The average Bonchev–Trinajstić information content (AvgIpc) is 2.85. The molecule has 3 heteroatoms. The third-order valence-electron chi connectivity index (χ3n) is 6.28. The second-order valence-corrected chi connectivity index (χ2v) is 9.26. The van der Waals surface area contributed by atoms with E-state index in [-0.39, 0.29) is 5.41 Å². The van der Waals surface area contributed by atoms with E-state index in [0.29, 0.717) is 0 Å². The number of nitrogens with zero attached hydrogens (tertiary/aromatic N) is 2. The summed E-state index contributed by atoms with van der Waals surface area (Å²) in [6.07, 6.45) is 5.07. The molecule has 4 aromatic rings. The van der Waals surface area contributed by atoms with E-state index >= 15 is 0 Å². The molecule has 0 spiro atoms. The van der Waals surface area contributed by atoms with Crippen LogP contribution in [0.3, 0.4) is 0 Å². The third-order valence-corrected chi connectivity index (χ3v) is 6.28. The van der Waals surface area contributed by atoms with Gasteiger partial charge in [-0.05, 0) is 53.8 Å². The van der Waals surface area contributed by atoms with Crippen LogP contribution in [0.1, 0.15) is 52.0 Å². The first-order valence-corrected chi connectivity index (χ1v) is 11.9. The molecule has 0 atom stereocenters. The number of nitrogens with one attached hydrogen (secondary N) is 1. The molecule has 4 aromatic carbocycles. The molecule has 0 aliphatic rings. The first-order valence-electron chi connectivity index (χ1n) is 11.9. The van der Waals surface area contributed by atoms with Crippen molar-refractivity contribution in [2.75, 3.05) is 5.32 Å². The highest BCUT2D eigenvalue weighted by Crippen LogP contribution is 2.35. The number of benzene rings is 4. The van der Waals surface area contributed by atoms with Crippen molar-refractivity contribution in [2.24, 2.45) is 10.2 Å². The van der Waals surface area contributed by atoms with Gasteiger partial charge in [-0.2, -0.15) is 5.11 Å². The highest BCUT2D eigenvalue weighted by atomic mass is 15.1. The Labute approximate surface area is 197 Å². The minimum atomic E-state index is 0.200. The predicted octanol–water partition coefficient (Wildman–Crippen LogP) is 9.86. The molecule has 0 aromatic heterocycles. The van der Waals surface area contributed by atoms with Crippen LogP contribution in [-0.4, -0.2) is 0 Å². The van der Waals surface area contributed by atoms with Gasteiger partial charge in [-0.3, -0.25) is 0 Å². The Kier molecular flexibility index (Phi) is 7.19. The van der Waals surface area contributed by atoms with Crippen LogP contribution in [0.5, 0.6) is 0 Å². The smallest absolute Gasteiger partial charge is 0.0936 e. The molecule has 0 aliphatic carbocycles. The van der Waals surface area contributed by atoms with Crippen LogP contribution in [-0.2, 0) is 5.41 Å². The molecule has 0 aliphatic heterocycles. The van der Waals surface area contributed by atoms with Gasteiger partial charge >= 0.3 is 0 Å². The Hall–Kier alpha value is -3.46. The number of hydrogen-bond donors (Lipinski definition) is 1. The van der Waals surface area contributed by atoms with Crippen LogP contribution >= 0.6 is 0 Å². The van der Waals surface area contributed by atoms with Gasteiger partial charge < -0.3 is 5.32 Å². The maximum Gasteiger partial charge on any atom is 0.0936 e. The van der Waals surface area contributed by atoms with Crippen molar-refractivity contribution in [3.63, 3.8) is 0 Å². The van der Waals surface area contributed by atoms with Crippen molar-refractivity contribution in [2.45, 2.75) is 51.9 Å². The summed E-state index contributed by atoms with van der Waals surface area (Å²) in [5, 5.41) is 14.7. The Balaban J connectivity index is 1.55. The zero-order chi connectivity index (χ0) is 23.1. The predicted molar refractivity (Wildman–Crippen MR) is 141 cm³/mol. The lowest BCUT2D eigenvalue weighted by Gasteiger charge is -2.25. The van der Waals surface area contributed by atoms with E-state index in [1.807, 2.05) is 42.5 Å². The maximum atomic E-state index is 4.52. The molecular weight excluding hydrogens is 402 g/mol. The Morgan fingerprint density at radius 2 is 1.39 bits per heavy atom. The highest BCUT2D eigenvalue weighted by molar-refractivity contribution is 6.01. The van der Waals surface area contributed by atoms with Gasteiger partial charge in [0, 0.05) is 22.1 Å². The van der Waals surface area contributed by atoms with Crippen molar-refractivity contribution in [3.05, 3.63) is 96.6 Å². The highest BCUT2D eigenvalue weighted by Gasteiger charge is 2.19. The van der Waals surface area contributed by atoms with Crippen LogP contribution in [0.25, 0.3) is 10.8 Å². The second kappa shape index (κ2) is 10.4. The summed E-state index contributed by atoms with van der Waals surface area (Å²) in [4.78, 5) is 0. The molecule has 0 bridgehead atoms. The second-order valence-electron chi connectivity index (χ2n) is 9.26. The molecule has 0 saturated heterocycles. The number of hydrogen-bond acceptors (Lipinski definition) is 3.